The SMILES string of the molecule is COCOc1ccc(OC(C)=O)cc1C1CCCCCC1. The smallest absolute Gasteiger partial charge is 0.308 e. The number of hydrogen-bond donors (Lipinski definition) is 0. The Balaban J connectivity index is 2.24. The van der Waals surface area contributed by atoms with Crippen LogP contribution in [0.4, 0.5) is 0 Å². The van der Waals surface area contributed by atoms with Gasteiger partial charge in [-0.25, -0.2) is 0 Å². The first-order valence-electron chi connectivity index (χ1n) is 7.65. The largest absolute Gasteiger partial charge is 0.467 e. The van der Waals surface area contributed by atoms with Crippen molar-refractivity contribution in [2.24, 2.45) is 0 Å². The predicted octanol–water partition coefficient (Wildman–Crippen LogP) is 4.03. The number of hydrogen-bond acceptors (Lipinski definition) is 4. The molecule has 1 saturated carbocycles. The second-order valence-electron chi connectivity index (χ2n) is 5.53. The third kappa shape index (κ3) is 4.74. The molecule has 0 aromatic heterocycles. The van der Waals surface area contributed by atoms with Gasteiger partial charge in [0.25, 0.3) is 0 Å². The highest BCUT2D eigenvalue weighted by Crippen LogP contribution is 2.38. The van der Waals surface area contributed by atoms with Gasteiger partial charge in [0.2, 0.25) is 0 Å². The lowest BCUT2D eigenvalue weighted by Gasteiger charge is -2.19. The summed E-state index contributed by atoms with van der Waals surface area (Å²) >= 11 is 0. The Bertz CT molecular complexity index is 462. The zero-order valence-corrected chi connectivity index (χ0v) is 12.9. The Labute approximate surface area is 126 Å². The molecule has 0 radical (unpaired) electrons. The molecular weight excluding hydrogens is 268 g/mol. The third-order valence-corrected chi connectivity index (χ3v) is 3.87. The first-order valence-corrected chi connectivity index (χ1v) is 7.65. The minimum Gasteiger partial charge on any atom is -0.467 e. The van der Waals surface area contributed by atoms with Gasteiger partial charge in [-0.05, 0) is 37.0 Å². The van der Waals surface area contributed by atoms with Crippen molar-refractivity contribution in [3.05, 3.63) is 23.8 Å². The molecule has 0 bridgehead atoms. The Hall–Kier alpha value is -1.55. The fourth-order valence-electron chi connectivity index (χ4n) is 2.92. The Kier molecular flexibility index (Phi) is 6.05. The Morgan fingerprint density at radius 3 is 2.52 bits per heavy atom. The van der Waals surface area contributed by atoms with Gasteiger partial charge < -0.3 is 14.2 Å². The van der Waals surface area contributed by atoms with E-state index in [0.29, 0.717) is 11.7 Å². The minimum absolute atomic E-state index is 0.229. The molecule has 0 amide bonds. The molecule has 1 aliphatic rings. The molecule has 1 aromatic carbocycles. The van der Waals surface area contributed by atoms with Gasteiger partial charge in [-0.1, -0.05) is 25.7 Å². The molecule has 0 N–H and O–H groups in total. The van der Waals surface area contributed by atoms with Crippen molar-refractivity contribution in [2.45, 2.75) is 51.4 Å². The highest BCUT2D eigenvalue weighted by molar-refractivity contribution is 5.69. The van der Waals surface area contributed by atoms with Crippen molar-refractivity contribution < 1.29 is 19.0 Å². The maximum absolute atomic E-state index is 11.1. The lowest BCUT2D eigenvalue weighted by Crippen LogP contribution is -2.07. The van der Waals surface area contributed by atoms with E-state index < -0.39 is 0 Å². The zero-order valence-electron chi connectivity index (χ0n) is 12.9. The van der Waals surface area contributed by atoms with E-state index in [2.05, 4.69) is 0 Å². The van der Waals surface area contributed by atoms with Gasteiger partial charge in [-0.3, -0.25) is 4.79 Å². The van der Waals surface area contributed by atoms with Crippen LogP contribution in [0.2, 0.25) is 0 Å². The predicted molar refractivity (Wildman–Crippen MR) is 80.7 cm³/mol. The number of carbonyl (C=O) groups excluding carboxylic acids is 1. The molecule has 2 rings (SSSR count). The van der Waals surface area contributed by atoms with Gasteiger partial charge in [0.15, 0.2) is 6.79 Å². The van der Waals surface area contributed by atoms with Crippen molar-refractivity contribution in [1.29, 1.82) is 0 Å². The number of benzene rings is 1. The summed E-state index contributed by atoms with van der Waals surface area (Å²) < 4.78 is 15.9. The standard InChI is InChI=1S/C17H24O4/c1-13(18)21-15-9-10-17(20-12-19-2)16(11-15)14-7-5-3-4-6-8-14/h9-11,14H,3-8,12H2,1-2H3. The first-order chi connectivity index (χ1) is 10.2. The molecule has 1 fully saturated rings. The van der Waals surface area contributed by atoms with Gasteiger partial charge in [-0.15, -0.1) is 0 Å². The molecule has 0 unspecified atom stereocenters. The van der Waals surface area contributed by atoms with Crippen LogP contribution in [0.3, 0.4) is 0 Å². The Morgan fingerprint density at radius 1 is 1.19 bits per heavy atom. The second-order valence-corrected chi connectivity index (χ2v) is 5.53. The molecule has 116 valence electrons. The van der Waals surface area contributed by atoms with Crippen LogP contribution in [0, 0.1) is 0 Å². The van der Waals surface area contributed by atoms with Gasteiger partial charge >= 0.3 is 5.97 Å². The number of esters is 1. The fraction of sp³-hybridized carbons (Fsp3) is 0.588. The number of carbonyl (C=O) groups is 1. The molecule has 0 atom stereocenters. The molecule has 0 spiro atoms. The molecule has 1 aliphatic carbocycles. The monoisotopic (exact) mass is 292 g/mol. The van der Waals surface area contributed by atoms with Crippen molar-refractivity contribution in [2.75, 3.05) is 13.9 Å². The van der Waals surface area contributed by atoms with E-state index in [1.807, 2.05) is 12.1 Å². The van der Waals surface area contributed by atoms with Crippen molar-refractivity contribution in [1.82, 2.24) is 0 Å². The maximum Gasteiger partial charge on any atom is 0.308 e. The summed E-state index contributed by atoms with van der Waals surface area (Å²) in [7, 11) is 1.61. The van der Waals surface area contributed by atoms with Crippen LogP contribution in [0.1, 0.15) is 56.9 Å². The first kappa shape index (κ1) is 15.8. The summed E-state index contributed by atoms with van der Waals surface area (Å²) in [5, 5.41) is 0. The van der Waals surface area contributed by atoms with Crippen molar-refractivity contribution in [3.63, 3.8) is 0 Å². The molecule has 0 heterocycles. The van der Waals surface area contributed by atoms with Gasteiger partial charge in [-0.2, -0.15) is 0 Å². The van der Waals surface area contributed by atoms with Crippen LogP contribution in [-0.4, -0.2) is 19.9 Å². The fourth-order valence-corrected chi connectivity index (χ4v) is 2.92. The van der Waals surface area contributed by atoms with Crippen LogP contribution in [-0.2, 0) is 9.53 Å². The minimum atomic E-state index is -0.299. The van der Waals surface area contributed by atoms with E-state index in [0.717, 1.165) is 24.2 Å². The molecule has 21 heavy (non-hydrogen) atoms. The summed E-state index contributed by atoms with van der Waals surface area (Å²) in [6, 6.07) is 5.59. The molecule has 0 saturated heterocycles. The molecule has 4 nitrogen and oxygen atoms in total. The molecule has 4 heteroatoms. The van der Waals surface area contributed by atoms with Gasteiger partial charge in [0.1, 0.15) is 11.5 Å². The van der Waals surface area contributed by atoms with Crippen LogP contribution >= 0.6 is 0 Å². The van der Waals surface area contributed by atoms with E-state index in [1.54, 1.807) is 13.2 Å². The molecule has 0 aliphatic heterocycles. The lowest BCUT2D eigenvalue weighted by molar-refractivity contribution is -0.131. The summed E-state index contributed by atoms with van der Waals surface area (Å²) in [6.07, 6.45) is 7.40. The summed E-state index contributed by atoms with van der Waals surface area (Å²) in [5.41, 5.74) is 1.13. The average Bonchev–Trinajstić information content (AvgIpc) is 2.74. The quantitative estimate of drug-likeness (QED) is 0.356. The van der Waals surface area contributed by atoms with Crippen LogP contribution in [0.15, 0.2) is 18.2 Å². The van der Waals surface area contributed by atoms with E-state index in [1.165, 1.54) is 32.6 Å². The van der Waals surface area contributed by atoms with Crippen LogP contribution in [0.25, 0.3) is 0 Å². The number of rotatable bonds is 5. The third-order valence-electron chi connectivity index (χ3n) is 3.87. The summed E-state index contributed by atoms with van der Waals surface area (Å²) in [5.74, 6) is 1.59. The Morgan fingerprint density at radius 2 is 1.90 bits per heavy atom. The average molecular weight is 292 g/mol. The number of ether oxygens (including phenoxy) is 3. The topological polar surface area (TPSA) is 44.8 Å². The lowest BCUT2D eigenvalue weighted by atomic mass is 9.91. The normalized spacial score (nSPS) is 16.3. The van der Waals surface area contributed by atoms with Gasteiger partial charge in [0, 0.05) is 19.6 Å². The second kappa shape index (κ2) is 8.03. The van der Waals surface area contributed by atoms with Crippen molar-refractivity contribution >= 4 is 5.97 Å². The van der Waals surface area contributed by atoms with E-state index in [4.69, 9.17) is 14.2 Å². The van der Waals surface area contributed by atoms with Crippen LogP contribution < -0.4 is 9.47 Å². The zero-order chi connectivity index (χ0) is 15.1. The van der Waals surface area contributed by atoms with E-state index in [-0.39, 0.29) is 12.8 Å². The van der Waals surface area contributed by atoms with Crippen LogP contribution in [0.5, 0.6) is 11.5 Å². The molecular formula is C17H24O4. The summed E-state index contributed by atoms with van der Waals surface area (Å²) in [6.45, 7) is 1.65. The maximum atomic E-state index is 11.1. The van der Waals surface area contributed by atoms with Gasteiger partial charge in [0.05, 0.1) is 0 Å². The van der Waals surface area contributed by atoms with E-state index in [9.17, 15) is 4.79 Å². The highest BCUT2D eigenvalue weighted by atomic mass is 16.7. The van der Waals surface area contributed by atoms with E-state index >= 15 is 0 Å². The van der Waals surface area contributed by atoms with Crippen molar-refractivity contribution in [3.8, 4) is 11.5 Å². The number of methoxy groups -OCH3 is 1. The summed E-state index contributed by atoms with van der Waals surface area (Å²) in [4.78, 5) is 11.1. The highest BCUT2D eigenvalue weighted by Gasteiger charge is 2.19. The molecule has 1 aromatic rings.